The van der Waals surface area contributed by atoms with Gasteiger partial charge in [0, 0.05) is 26.3 Å². The number of ether oxygens (including phenoxy) is 1. The zero-order chi connectivity index (χ0) is 23.0. The van der Waals surface area contributed by atoms with Crippen LogP contribution < -0.4 is 5.32 Å². The average molecular weight is 447 g/mol. The highest BCUT2D eigenvalue weighted by Gasteiger charge is 2.29. The molecule has 1 N–H and O–H groups in total. The van der Waals surface area contributed by atoms with Crippen LogP contribution in [0, 0.1) is 27.7 Å². The molecule has 2 aromatic carbocycles. The second kappa shape index (κ2) is 11.4. The van der Waals surface area contributed by atoms with Gasteiger partial charge >= 0.3 is 0 Å². The first kappa shape index (κ1) is 25.0. The van der Waals surface area contributed by atoms with Crippen LogP contribution in [0.2, 0.25) is 0 Å². The van der Waals surface area contributed by atoms with Crippen molar-refractivity contribution in [1.29, 1.82) is 0 Å². The van der Waals surface area contributed by atoms with Crippen LogP contribution >= 0.6 is 0 Å². The van der Waals surface area contributed by atoms with Gasteiger partial charge in [-0.1, -0.05) is 47.5 Å². The Morgan fingerprint density at radius 1 is 1.00 bits per heavy atom. The molecule has 0 fully saturated rings. The topological polar surface area (TPSA) is 75.7 Å². The van der Waals surface area contributed by atoms with Crippen molar-refractivity contribution in [3.05, 3.63) is 64.2 Å². The number of sulfonamides is 1. The molecule has 0 heterocycles. The molecule has 170 valence electrons. The van der Waals surface area contributed by atoms with E-state index in [2.05, 4.69) is 5.32 Å². The maximum atomic E-state index is 13.6. The van der Waals surface area contributed by atoms with Crippen LogP contribution in [-0.4, -0.2) is 44.9 Å². The Labute approximate surface area is 186 Å². The Hall–Kier alpha value is -2.22. The predicted molar refractivity (Wildman–Crippen MR) is 124 cm³/mol. The summed E-state index contributed by atoms with van der Waals surface area (Å²) in [4.78, 5) is 12.8. The number of rotatable bonds is 11. The Balaban J connectivity index is 2.28. The van der Waals surface area contributed by atoms with E-state index in [1.807, 2.05) is 57.2 Å². The van der Waals surface area contributed by atoms with Crippen LogP contribution in [-0.2, 0) is 26.1 Å². The third-order valence-corrected chi connectivity index (χ3v) is 7.09. The summed E-state index contributed by atoms with van der Waals surface area (Å²) < 4.78 is 33.8. The van der Waals surface area contributed by atoms with Crippen molar-refractivity contribution in [2.24, 2.45) is 0 Å². The van der Waals surface area contributed by atoms with Crippen molar-refractivity contribution < 1.29 is 17.9 Å². The summed E-state index contributed by atoms with van der Waals surface area (Å²) in [5.74, 6) is -0.324. The van der Waals surface area contributed by atoms with Gasteiger partial charge in [-0.3, -0.25) is 4.79 Å². The quantitative estimate of drug-likeness (QED) is 0.535. The molecule has 0 saturated heterocycles. The first-order valence-corrected chi connectivity index (χ1v) is 12.1. The number of nitrogens with zero attached hydrogens (tertiary/aromatic N) is 1. The van der Waals surface area contributed by atoms with E-state index >= 15 is 0 Å². The zero-order valence-corrected chi connectivity index (χ0v) is 20.0. The predicted octanol–water partition coefficient (Wildman–Crippen LogP) is 3.65. The molecule has 0 bridgehead atoms. The zero-order valence-electron chi connectivity index (χ0n) is 19.2. The molecule has 0 saturated carbocycles. The highest BCUT2D eigenvalue weighted by molar-refractivity contribution is 7.89. The third kappa shape index (κ3) is 7.16. The number of benzene rings is 2. The summed E-state index contributed by atoms with van der Waals surface area (Å²) in [7, 11) is -3.87. The first-order valence-electron chi connectivity index (χ1n) is 10.6. The fraction of sp³-hybridized carbons (Fsp3) is 0.458. The van der Waals surface area contributed by atoms with Gasteiger partial charge in [-0.15, -0.1) is 0 Å². The van der Waals surface area contributed by atoms with E-state index in [0.29, 0.717) is 37.3 Å². The van der Waals surface area contributed by atoms with E-state index < -0.39 is 10.0 Å². The third-order valence-electron chi connectivity index (χ3n) is 4.99. The Bertz CT molecular complexity index is 962. The minimum atomic E-state index is -3.87. The standard InChI is InChI=1S/C24H34N2O4S/c1-6-30-13-7-12-25-23(27)17-26(16-22-10-8-18(2)9-11-22)31(28,29)24-20(4)14-19(3)15-21(24)5/h8-11,14-15H,6-7,12-13,16-17H2,1-5H3,(H,25,27). The van der Waals surface area contributed by atoms with Gasteiger partial charge < -0.3 is 10.1 Å². The maximum Gasteiger partial charge on any atom is 0.244 e. The molecule has 1 amide bonds. The van der Waals surface area contributed by atoms with Crippen LogP contribution in [0.5, 0.6) is 0 Å². The Morgan fingerprint density at radius 3 is 2.19 bits per heavy atom. The smallest absolute Gasteiger partial charge is 0.244 e. The van der Waals surface area contributed by atoms with E-state index in [9.17, 15) is 13.2 Å². The molecule has 0 radical (unpaired) electrons. The lowest BCUT2D eigenvalue weighted by Gasteiger charge is -2.24. The molecule has 6 nitrogen and oxygen atoms in total. The number of aryl methyl sites for hydroxylation is 4. The monoisotopic (exact) mass is 446 g/mol. The summed E-state index contributed by atoms with van der Waals surface area (Å²) in [6.45, 7) is 11.0. The van der Waals surface area contributed by atoms with Crippen molar-refractivity contribution in [2.75, 3.05) is 26.3 Å². The minimum absolute atomic E-state index is 0.127. The number of amides is 1. The summed E-state index contributed by atoms with van der Waals surface area (Å²) in [5, 5.41) is 2.80. The highest BCUT2D eigenvalue weighted by Crippen LogP contribution is 2.26. The van der Waals surface area contributed by atoms with Gasteiger partial charge in [0.25, 0.3) is 0 Å². The fourth-order valence-electron chi connectivity index (χ4n) is 3.59. The van der Waals surface area contributed by atoms with Gasteiger partial charge in [-0.2, -0.15) is 4.31 Å². The van der Waals surface area contributed by atoms with E-state index in [1.54, 1.807) is 13.8 Å². The molecule has 0 atom stereocenters. The van der Waals surface area contributed by atoms with E-state index in [0.717, 1.165) is 16.7 Å². The average Bonchev–Trinajstić information content (AvgIpc) is 2.68. The molecule has 2 aromatic rings. The lowest BCUT2D eigenvalue weighted by molar-refractivity contribution is -0.121. The molecule has 0 unspecified atom stereocenters. The van der Waals surface area contributed by atoms with Crippen LogP contribution in [0.4, 0.5) is 0 Å². The molecule has 31 heavy (non-hydrogen) atoms. The van der Waals surface area contributed by atoms with E-state index in [4.69, 9.17) is 4.74 Å². The van der Waals surface area contributed by atoms with Gasteiger partial charge in [-0.25, -0.2) is 8.42 Å². The summed E-state index contributed by atoms with van der Waals surface area (Å²) in [5.41, 5.74) is 4.30. The van der Waals surface area contributed by atoms with Crippen LogP contribution in [0.1, 0.15) is 41.2 Å². The fourth-order valence-corrected chi connectivity index (χ4v) is 5.38. The summed E-state index contributed by atoms with van der Waals surface area (Å²) >= 11 is 0. The molecule has 0 aliphatic heterocycles. The number of hydrogen-bond donors (Lipinski definition) is 1. The minimum Gasteiger partial charge on any atom is -0.382 e. The molecule has 0 spiro atoms. The van der Waals surface area contributed by atoms with Crippen molar-refractivity contribution in [3.63, 3.8) is 0 Å². The Kier molecular flexibility index (Phi) is 9.22. The van der Waals surface area contributed by atoms with Crippen LogP contribution in [0.15, 0.2) is 41.3 Å². The van der Waals surface area contributed by atoms with Crippen molar-refractivity contribution >= 4 is 15.9 Å². The first-order chi connectivity index (χ1) is 14.6. The second-order valence-corrected chi connectivity index (χ2v) is 9.76. The van der Waals surface area contributed by atoms with Gasteiger partial charge in [0.15, 0.2) is 0 Å². The van der Waals surface area contributed by atoms with Crippen molar-refractivity contribution in [3.8, 4) is 0 Å². The van der Waals surface area contributed by atoms with Crippen LogP contribution in [0.25, 0.3) is 0 Å². The molecule has 0 aliphatic carbocycles. The van der Waals surface area contributed by atoms with Crippen molar-refractivity contribution in [1.82, 2.24) is 9.62 Å². The SMILES string of the molecule is CCOCCCNC(=O)CN(Cc1ccc(C)cc1)S(=O)(=O)c1c(C)cc(C)cc1C. The number of nitrogens with one attached hydrogen (secondary N) is 1. The molecule has 7 heteroatoms. The van der Waals surface area contributed by atoms with E-state index in [1.165, 1.54) is 4.31 Å². The highest BCUT2D eigenvalue weighted by atomic mass is 32.2. The van der Waals surface area contributed by atoms with E-state index in [-0.39, 0.29) is 23.9 Å². The molecule has 0 aliphatic rings. The summed E-state index contributed by atoms with van der Waals surface area (Å²) in [6, 6.07) is 11.4. The molecular weight excluding hydrogens is 412 g/mol. The number of carbonyl (C=O) groups excluding carboxylic acids is 1. The van der Waals surface area contributed by atoms with Gasteiger partial charge in [0.2, 0.25) is 15.9 Å². The largest absolute Gasteiger partial charge is 0.382 e. The molecular formula is C24H34N2O4S. The number of carbonyl (C=O) groups is 1. The second-order valence-electron chi connectivity index (χ2n) is 7.89. The molecule has 0 aromatic heterocycles. The lowest BCUT2D eigenvalue weighted by atomic mass is 10.1. The van der Waals surface area contributed by atoms with Crippen LogP contribution in [0.3, 0.4) is 0 Å². The van der Waals surface area contributed by atoms with Crippen molar-refractivity contribution in [2.45, 2.75) is 52.5 Å². The normalized spacial score (nSPS) is 11.7. The maximum absolute atomic E-state index is 13.6. The summed E-state index contributed by atoms with van der Waals surface area (Å²) in [6.07, 6.45) is 0.681. The lowest BCUT2D eigenvalue weighted by Crippen LogP contribution is -2.41. The van der Waals surface area contributed by atoms with Gasteiger partial charge in [-0.05, 0) is 57.7 Å². The Morgan fingerprint density at radius 2 is 1.61 bits per heavy atom. The number of hydrogen-bond acceptors (Lipinski definition) is 4. The van der Waals surface area contributed by atoms with Gasteiger partial charge in [0.05, 0.1) is 11.4 Å². The molecule has 2 rings (SSSR count). The van der Waals surface area contributed by atoms with Gasteiger partial charge in [0.1, 0.15) is 0 Å².